The zero-order chi connectivity index (χ0) is 35.6. The van der Waals surface area contributed by atoms with E-state index in [0.29, 0.717) is 35.2 Å². The number of methoxy groups -OCH3 is 1. The summed E-state index contributed by atoms with van der Waals surface area (Å²) in [6, 6.07) is 41.4. The van der Waals surface area contributed by atoms with Crippen molar-refractivity contribution in [1.29, 1.82) is 0 Å². The van der Waals surface area contributed by atoms with Crippen LogP contribution in [-0.4, -0.2) is 31.9 Å². The molecule has 0 aliphatic carbocycles. The molecule has 0 N–H and O–H groups in total. The van der Waals surface area contributed by atoms with Gasteiger partial charge in [-0.2, -0.15) is 0 Å². The van der Waals surface area contributed by atoms with Crippen LogP contribution in [-0.2, 0) is 16.1 Å². The van der Waals surface area contributed by atoms with Crippen molar-refractivity contribution in [2.45, 2.75) is 39.6 Å². The van der Waals surface area contributed by atoms with Crippen LogP contribution >= 0.6 is 0 Å². The summed E-state index contributed by atoms with van der Waals surface area (Å²) < 4.78 is 34.7. The minimum atomic E-state index is -0.675. The second kappa shape index (κ2) is 16.2. The molecule has 1 heterocycles. The molecule has 7 nitrogen and oxygen atoms in total. The minimum Gasteiger partial charge on any atom is -0.493 e. The molecule has 0 radical (unpaired) electrons. The summed E-state index contributed by atoms with van der Waals surface area (Å²) in [6.45, 7) is 6.44. The quantitative estimate of drug-likeness (QED) is 0.0804. The molecule has 5 aromatic carbocycles. The fourth-order valence-electron chi connectivity index (χ4n) is 5.83. The highest BCUT2D eigenvalue weighted by Gasteiger charge is 2.27. The lowest BCUT2D eigenvalue weighted by Gasteiger charge is -2.18. The SMILES string of the molecule is CCC(=C(c1ccc(OCC(=O)c2ccc(OCc3ccccc3)c(OC)c2)cc1)c1ccc(OCC2=COC(C)(C)O2)cc1)c1ccccc1. The Labute approximate surface area is 299 Å². The van der Waals surface area contributed by atoms with Gasteiger partial charge in [-0.3, -0.25) is 4.79 Å². The van der Waals surface area contributed by atoms with E-state index in [1.54, 1.807) is 31.6 Å². The molecule has 0 atom stereocenters. The van der Waals surface area contributed by atoms with Gasteiger partial charge < -0.3 is 28.4 Å². The summed E-state index contributed by atoms with van der Waals surface area (Å²) in [6.07, 6.45) is 2.43. The fourth-order valence-corrected chi connectivity index (χ4v) is 5.83. The number of hydrogen-bond acceptors (Lipinski definition) is 7. The van der Waals surface area contributed by atoms with Gasteiger partial charge in [-0.05, 0) is 82.3 Å². The monoisotopic (exact) mass is 682 g/mol. The molecule has 5 aromatic rings. The number of ketones is 1. The molecule has 0 unspecified atom stereocenters. The molecular weight excluding hydrogens is 640 g/mol. The van der Waals surface area contributed by atoms with E-state index >= 15 is 0 Å². The Morgan fingerprint density at radius 1 is 0.647 bits per heavy atom. The molecule has 1 aliphatic heterocycles. The molecule has 6 rings (SSSR count). The first-order valence-electron chi connectivity index (χ1n) is 17.0. The minimum absolute atomic E-state index is 0.118. The molecule has 260 valence electrons. The lowest BCUT2D eigenvalue weighted by molar-refractivity contribution is -0.119. The number of ether oxygens (including phenoxy) is 6. The van der Waals surface area contributed by atoms with Gasteiger partial charge in [0.05, 0.1) is 7.11 Å². The summed E-state index contributed by atoms with van der Waals surface area (Å²) in [5.74, 6) is 2.18. The maximum Gasteiger partial charge on any atom is 0.244 e. The van der Waals surface area contributed by atoms with Crippen LogP contribution in [0, 0.1) is 0 Å². The normalized spacial score (nSPS) is 13.6. The zero-order valence-electron chi connectivity index (χ0n) is 29.4. The predicted molar refractivity (Wildman–Crippen MR) is 199 cm³/mol. The van der Waals surface area contributed by atoms with Gasteiger partial charge in [-0.15, -0.1) is 0 Å². The van der Waals surface area contributed by atoms with E-state index in [1.165, 1.54) is 5.57 Å². The van der Waals surface area contributed by atoms with E-state index in [4.69, 9.17) is 28.4 Å². The third kappa shape index (κ3) is 9.00. The van der Waals surface area contributed by atoms with Crippen molar-refractivity contribution >= 4 is 16.9 Å². The smallest absolute Gasteiger partial charge is 0.244 e. The summed E-state index contributed by atoms with van der Waals surface area (Å²) >= 11 is 0. The van der Waals surface area contributed by atoms with E-state index in [1.807, 2.05) is 86.6 Å². The first-order chi connectivity index (χ1) is 24.8. The number of benzene rings is 5. The van der Waals surface area contributed by atoms with Gasteiger partial charge in [-0.25, -0.2) is 0 Å². The average molecular weight is 683 g/mol. The Morgan fingerprint density at radius 3 is 1.84 bits per heavy atom. The van der Waals surface area contributed by atoms with Crippen LogP contribution in [0.1, 0.15) is 59.8 Å². The maximum absolute atomic E-state index is 13.1. The zero-order valence-corrected chi connectivity index (χ0v) is 29.4. The van der Waals surface area contributed by atoms with Gasteiger partial charge in [0.15, 0.2) is 29.6 Å². The molecule has 0 amide bonds. The first kappa shape index (κ1) is 34.9. The number of Topliss-reactive ketones (excluding diaryl/α,β-unsaturated/α-hetero) is 1. The van der Waals surface area contributed by atoms with Crippen LogP contribution in [0.25, 0.3) is 11.1 Å². The van der Waals surface area contributed by atoms with E-state index < -0.39 is 5.79 Å². The predicted octanol–water partition coefficient (Wildman–Crippen LogP) is 9.91. The molecule has 7 heteroatoms. The third-order valence-electron chi connectivity index (χ3n) is 8.39. The van der Waals surface area contributed by atoms with Crippen molar-refractivity contribution in [3.63, 3.8) is 0 Å². The summed E-state index contributed by atoms with van der Waals surface area (Å²) in [5, 5.41) is 0. The van der Waals surface area contributed by atoms with Crippen molar-refractivity contribution in [3.05, 3.63) is 167 Å². The Hall–Kier alpha value is -5.95. The summed E-state index contributed by atoms with van der Waals surface area (Å²) in [4.78, 5) is 13.1. The standard InChI is InChI=1S/C44H42O7/c1-5-39(32-14-10-7-11-15-32)43(33-16-21-36(22-17-33)47-28-38-29-50-44(2,3)51-38)34-18-23-37(24-19-34)48-30-40(45)35-20-25-41(42(26-35)46-4)49-27-31-12-8-6-9-13-31/h6-26,29H,5,27-28,30H2,1-4H3. The maximum atomic E-state index is 13.1. The molecule has 0 bridgehead atoms. The lowest BCUT2D eigenvalue weighted by Crippen LogP contribution is -2.21. The highest BCUT2D eigenvalue weighted by Crippen LogP contribution is 2.36. The van der Waals surface area contributed by atoms with Gasteiger partial charge in [0, 0.05) is 19.4 Å². The molecule has 0 saturated carbocycles. The number of carbonyl (C=O) groups is 1. The van der Waals surface area contributed by atoms with Crippen molar-refractivity contribution in [1.82, 2.24) is 0 Å². The first-order valence-corrected chi connectivity index (χ1v) is 17.0. The van der Waals surface area contributed by atoms with Crippen molar-refractivity contribution < 1.29 is 33.2 Å². The van der Waals surface area contributed by atoms with Crippen LogP contribution in [0.3, 0.4) is 0 Å². The van der Waals surface area contributed by atoms with E-state index in [-0.39, 0.29) is 19.0 Å². The Kier molecular flexibility index (Phi) is 11.1. The molecule has 0 spiro atoms. The summed E-state index contributed by atoms with van der Waals surface area (Å²) in [7, 11) is 1.56. The van der Waals surface area contributed by atoms with Gasteiger partial charge >= 0.3 is 0 Å². The second-order valence-corrected chi connectivity index (χ2v) is 12.5. The highest BCUT2D eigenvalue weighted by atomic mass is 16.7. The van der Waals surface area contributed by atoms with Crippen molar-refractivity contribution in [2.75, 3.05) is 20.3 Å². The highest BCUT2D eigenvalue weighted by molar-refractivity contribution is 5.99. The number of carbonyl (C=O) groups excluding carboxylic acids is 1. The molecule has 0 saturated heterocycles. The average Bonchev–Trinajstić information content (AvgIpc) is 3.53. The molecule has 0 aromatic heterocycles. The Balaban J connectivity index is 1.15. The number of allylic oxidation sites excluding steroid dienone is 1. The second-order valence-electron chi connectivity index (χ2n) is 12.5. The Morgan fingerprint density at radius 2 is 1.25 bits per heavy atom. The van der Waals surface area contributed by atoms with Crippen molar-refractivity contribution in [2.24, 2.45) is 0 Å². The van der Waals surface area contributed by atoms with Crippen LogP contribution < -0.4 is 18.9 Å². The molecular formula is C44H42O7. The van der Waals surface area contributed by atoms with E-state index in [0.717, 1.165) is 40.0 Å². The largest absolute Gasteiger partial charge is 0.493 e. The van der Waals surface area contributed by atoms with Gasteiger partial charge in [0.2, 0.25) is 5.79 Å². The van der Waals surface area contributed by atoms with Gasteiger partial charge in [0.25, 0.3) is 0 Å². The molecule has 1 aliphatic rings. The van der Waals surface area contributed by atoms with E-state index in [2.05, 4.69) is 43.3 Å². The number of rotatable bonds is 15. The van der Waals surface area contributed by atoms with Gasteiger partial charge in [0.1, 0.15) is 31.0 Å². The fraction of sp³-hybridized carbons (Fsp3) is 0.205. The lowest BCUT2D eigenvalue weighted by atomic mass is 9.88. The van der Waals surface area contributed by atoms with Crippen LogP contribution in [0.4, 0.5) is 0 Å². The van der Waals surface area contributed by atoms with Crippen LogP contribution in [0.2, 0.25) is 0 Å². The van der Waals surface area contributed by atoms with Crippen LogP contribution in [0.5, 0.6) is 23.0 Å². The van der Waals surface area contributed by atoms with Gasteiger partial charge in [-0.1, -0.05) is 91.9 Å². The molecule has 51 heavy (non-hydrogen) atoms. The molecule has 0 fully saturated rings. The number of hydrogen-bond donors (Lipinski definition) is 0. The van der Waals surface area contributed by atoms with Crippen molar-refractivity contribution in [3.8, 4) is 23.0 Å². The third-order valence-corrected chi connectivity index (χ3v) is 8.39. The van der Waals surface area contributed by atoms with E-state index in [9.17, 15) is 4.79 Å². The van der Waals surface area contributed by atoms with Crippen LogP contribution in [0.15, 0.2) is 139 Å². The topological polar surface area (TPSA) is 72.5 Å². The Bertz CT molecular complexity index is 1980. The summed E-state index contributed by atoms with van der Waals surface area (Å²) in [5.41, 5.74) is 7.08.